The molecule has 0 atom stereocenters. The highest BCUT2D eigenvalue weighted by Crippen LogP contribution is 2.37. The molecule has 10 heteroatoms. The van der Waals surface area contributed by atoms with Crippen LogP contribution in [0.2, 0.25) is 5.02 Å². The van der Waals surface area contributed by atoms with Gasteiger partial charge in [-0.05, 0) is 44.5 Å². The van der Waals surface area contributed by atoms with Gasteiger partial charge in [0.1, 0.15) is 35.6 Å². The number of halogens is 2. The maximum Gasteiger partial charge on any atom is 0.145 e. The summed E-state index contributed by atoms with van der Waals surface area (Å²) < 4.78 is 31.8. The molecule has 0 saturated carbocycles. The molecule has 0 amide bonds. The normalized spacial score (nSPS) is 17.7. The number of hydrogen-bond donors (Lipinski definition) is 1. The number of likely N-dealkylation sites (tertiary alicyclic amines) is 1. The first-order valence-corrected chi connectivity index (χ1v) is 13.2. The fourth-order valence-electron chi connectivity index (χ4n) is 4.70. The largest absolute Gasteiger partial charge is 0.493 e. The van der Waals surface area contributed by atoms with E-state index in [1.165, 1.54) is 18.5 Å². The standard InChI is InChI=1S/C27H33ClFN5O3/c1-33-8-5-20(6-9-33)37-25-17-21(36-12-2-7-34-10-13-35-14-11-34)16-24-26(25)27(31-18-30-24)32-19-3-4-23(29)22(28)15-19/h3-4,15-18,20H,2,5-14H2,1H3,(H,30,31,32). The highest BCUT2D eigenvalue weighted by molar-refractivity contribution is 6.31. The number of piperidine rings is 1. The molecule has 0 radical (unpaired) electrons. The number of hydrogen-bond acceptors (Lipinski definition) is 8. The first-order valence-electron chi connectivity index (χ1n) is 12.8. The van der Waals surface area contributed by atoms with Crippen molar-refractivity contribution in [2.45, 2.75) is 25.4 Å². The third-order valence-corrected chi connectivity index (χ3v) is 7.10. The number of rotatable bonds is 9. The smallest absolute Gasteiger partial charge is 0.145 e. The van der Waals surface area contributed by atoms with Gasteiger partial charge >= 0.3 is 0 Å². The molecule has 37 heavy (non-hydrogen) atoms. The van der Waals surface area contributed by atoms with Gasteiger partial charge in [-0.2, -0.15) is 0 Å². The fourth-order valence-corrected chi connectivity index (χ4v) is 4.88. The summed E-state index contributed by atoms with van der Waals surface area (Å²) in [6.07, 6.45) is 4.38. The molecule has 0 unspecified atom stereocenters. The maximum atomic E-state index is 13.7. The highest BCUT2D eigenvalue weighted by Gasteiger charge is 2.21. The molecule has 198 valence electrons. The average Bonchev–Trinajstić information content (AvgIpc) is 2.91. The van der Waals surface area contributed by atoms with Crippen LogP contribution in [-0.4, -0.2) is 85.5 Å². The Morgan fingerprint density at radius 2 is 1.92 bits per heavy atom. The molecule has 2 saturated heterocycles. The molecule has 3 heterocycles. The van der Waals surface area contributed by atoms with Crippen LogP contribution in [0.5, 0.6) is 11.5 Å². The summed E-state index contributed by atoms with van der Waals surface area (Å²) in [7, 11) is 2.13. The van der Waals surface area contributed by atoms with Crippen molar-refractivity contribution in [1.82, 2.24) is 19.8 Å². The van der Waals surface area contributed by atoms with E-state index in [4.69, 9.17) is 25.8 Å². The van der Waals surface area contributed by atoms with Gasteiger partial charge in [-0.25, -0.2) is 14.4 Å². The Kier molecular flexibility index (Phi) is 8.55. The molecule has 0 aliphatic carbocycles. The van der Waals surface area contributed by atoms with Gasteiger partial charge in [0.15, 0.2) is 0 Å². The van der Waals surface area contributed by atoms with E-state index >= 15 is 0 Å². The summed E-state index contributed by atoms with van der Waals surface area (Å²) in [5, 5.41) is 4.05. The van der Waals surface area contributed by atoms with Crippen LogP contribution in [0.25, 0.3) is 10.9 Å². The van der Waals surface area contributed by atoms with Gasteiger partial charge in [0, 0.05) is 50.5 Å². The van der Waals surface area contributed by atoms with Crippen LogP contribution in [-0.2, 0) is 4.74 Å². The second-order valence-electron chi connectivity index (χ2n) is 9.57. The Hall–Kier alpha value is -2.72. The lowest BCUT2D eigenvalue weighted by Crippen LogP contribution is -2.37. The summed E-state index contributed by atoms with van der Waals surface area (Å²) >= 11 is 6.00. The first-order chi connectivity index (χ1) is 18.0. The number of ether oxygens (including phenoxy) is 3. The second-order valence-corrected chi connectivity index (χ2v) is 9.98. The third kappa shape index (κ3) is 6.78. The van der Waals surface area contributed by atoms with Gasteiger partial charge in [0.2, 0.25) is 0 Å². The Morgan fingerprint density at radius 1 is 1.11 bits per heavy atom. The number of morpholine rings is 1. The summed E-state index contributed by atoms with van der Waals surface area (Å²) in [4.78, 5) is 13.7. The highest BCUT2D eigenvalue weighted by atomic mass is 35.5. The zero-order valence-electron chi connectivity index (χ0n) is 21.1. The Bertz CT molecular complexity index is 1200. The number of nitrogens with zero attached hydrogens (tertiary/aromatic N) is 4. The van der Waals surface area contributed by atoms with E-state index < -0.39 is 5.82 Å². The third-order valence-electron chi connectivity index (χ3n) is 6.81. The zero-order valence-corrected chi connectivity index (χ0v) is 21.8. The van der Waals surface area contributed by atoms with Crippen molar-refractivity contribution < 1.29 is 18.6 Å². The van der Waals surface area contributed by atoms with E-state index in [1.807, 2.05) is 12.1 Å². The molecule has 0 bridgehead atoms. The number of fused-ring (bicyclic) bond motifs is 1. The van der Waals surface area contributed by atoms with Crippen molar-refractivity contribution in [3.63, 3.8) is 0 Å². The van der Waals surface area contributed by atoms with Gasteiger partial charge in [-0.15, -0.1) is 0 Å². The predicted octanol–water partition coefficient (Wildman–Crippen LogP) is 4.74. The van der Waals surface area contributed by atoms with E-state index in [0.29, 0.717) is 35.1 Å². The minimum absolute atomic E-state index is 0.0407. The molecule has 5 rings (SSSR count). The summed E-state index contributed by atoms with van der Waals surface area (Å²) in [6, 6.07) is 8.33. The topological polar surface area (TPSA) is 72.0 Å². The number of anilines is 2. The number of nitrogens with one attached hydrogen (secondary N) is 1. The number of benzene rings is 2. The minimum atomic E-state index is -0.471. The van der Waals surface area contributed by atoms with E-state index in [2.05, 4.69) is 32.1 Å². The van der Waals surface area contributed by atoms with Crippen LogP contribution < -0.4 is 14.8 Å². The molecule has 2 aliphatic rings. The summed E-state index contributed by atoms with van der Waals surface area (Å²) in [6.45, 7) is 7.07. The lowest BCUT2D eigenvalue weighted by molar-refractivity contribution is 0.0358. The fraction of sp³-hybridized carbons (Fsp3) is 0.481. The van der Waals surface area contributed by atoms with Crippen molar-refractivity contribution in [1.29, 1.82) is 0 Å². The van der Waals surface area contributed by atoms with Crippen LogP contribution in [0.15, 0.2) is 36.7 Å². The minimum Gasteiger partial charge on any atom is -0.493 e. The molecule has 8 nitrogen and oxygen atoms in total. The lowest BCUT2D eigenvalue weighted by atomic mass is 10.1. The molecule has 1 N–H and O–H groups in total. The summed E-state index contributed by atoms with van der Waals surface area (Å²) in [5.74, 6) is 1.48. The Labute approximate surface area is 221 Å². The molecule has 0 spiro atoms. The molecule has 2 aliphatic heterocycles. The molecule has 1 aromatic heterocycles. The molecular weight excluding hydrogens is 497 g/mol. The van der Waals surface area contributed by atoms with Crippen LogP contribution in [0.1, 0.15) is 19.3 Å². The van der Waals surface area contributed by atoms with Crippen LogP contribution in [0.4, 0.5) is 15.9 Å². The molecular formula is C27H33ClFN5O3. The zero-order chi connectivity index (χ0) is 25.6. The van der Waals surface area contributed by atoms with E-state index in [0.717, 1.165) is 70.6 Å². The lowest BCUT2D eigenvalue weighted by Gasteiger charge is -2.30. The summed E-state index contributed by atoms with van der Waals surface area (Å²) in [5.41, 5.74) is 1.33. The van der Waals surface area contributed by atoms with E-state index in [-0.39, 0.29) is 11.1 Å². The van der Waals surface area contributed by atoms with Gasteiger partial charge < -0.3 is 24.4 Å². The quantitative estimate of drug-likeness (QED) is 0.399. The van der Waals surface area contributed by atoms with E-state index in [1.54, 1.807) is 6.07 Å². The first kappa shape index (κ1) is 25.9. The monoisotopic (exact) mass is 529 g/mol. The maximum absolute atomic E-state index is 13.7. The van der Waals surface area contributed by atoms with Crippen molar-refractivity contribution >= 4 is 34.0 Å². The van der Waals surface area contributed by atoms with E-state index in [9.17, 15) is 4.39 Å². The SMILES string of the molecule is CN1CCC(Oc2cc(OCCCN3CCOCC3)cc3ncnc(Nc4ccc(F)c(Cl)c4)c23)CC1. The van der Waals surface area contributed by atoms with Crippen LogP contribution in [0.3, 0.4) is 0 Å². The van der Waals surface area contributed by atoms with Crippen molar-refractivity contribution in [2.75, 3.05) is 64.9 Å². The Balaban J connectivity index is 1.38. The molecule has 3 aromatic rings. The van der Waals surface area contributed by atoms with Gasteiger partial charge in [-0.1, -0.05) is 11.6 Å². The molecule has 2 aromatic carbocycles. The van der Waals surface area contributed by atoms with Crippen molar-refractivity contribution in [3.8, 4) is 11.5 Å². The van der Waals surface area contributed by atoms with Crippen LogP contribution >= 0.6 is 11.6 Å². The average molecular weight is 530 g/mol. The second kappa shape index (κ2) is 12.2. The van der Waals surface area contributed by atoms with Gasteiger partial charge in [0.05, 0.1) is 35.7 Å². The Morgan fingerprint density at radius 3 is 2.70 bits per heavy atom. The number of aromatic nitrogens is 2. The predicted molar refractivity (Wildman–Crippen MR) is 143 cm³/mol. The molecule has 2 fully saturated rings. The van der Waals surface area contributed by atoms with Crippen LogP contribution in [0, 0.1) is 5.82 Å². The van der Waals surface area contributed by atoms with Gasteiger partial charge in [-0.3, -0.25) is 4.90 Å². The van der Waals surface area contributed by atoms with Gasteiger partial charge in [0.25, 0.3) is 0 Å². The van der Waals surface area contributed by atoms with Crippen molar-refractivity contribution in [3.05, 3.63) is 47.5 Å². The van der Waals surface area contributed by atoms with Crippen molar-refractivity contribution in [2.24, 2.45) is 0 Å².